The summed E-state index contributed by atoms with van der Waals surface area (Å²) in [4.78, 5) is 41.6. The van der Waals surface area contributed by atoms with Crippen LogP contribution >= 0.6 is 0 Å². The van der Waals surface area contributed by atoms with Crippen LogP contribution in [0.3, 0.4) is 0 Å². The highest BCUT2D eigenvalue weighted by Crippen LogP contribution is 2.20. The normalized spacial score (nSPS) is 17.2. The molecular formula is C31H42F2N4O4. The number of piperazine rings is 1. The molecule has 0 spiro atoms. The van der Waals surface area contributed by atoms with Gasteiger partial charge in [-0.25, -0.2) is 8.78 Å². The number of hydrogen-bond acceptors (Lipinski definition) is 5. The zero-order valence-electron chi connectivity index (χ0n) is 24.3. The van der Waals surface area contributed by atoms with Crippen LogP contribution in [0.4, 0.5) is 8.78 Å². The SMILES string of the molecule is CCCN1C(=O)C(=O)N(CC(=O)N[C@@H](Cc2cc(F)cc(F)c2)[C@@H](O)CNCc2cccc(CC)c2)C[C@H]1C(C)C. The van der Waals surface area contributed by atoms with Crippen LogP contribution < -0.4 is 10.6 Å². The third-order valence-electron chi connectivity index (χ3n) is 7.38. The largest absolute Gasteiger partial charge is 0.390 e. The lowest BCUT2D eigenvalue weighted by Gasteiger charge is -2.42. The van der Waals surface area contributed by atoms with E-state index in [-0.39, 0.29) is 43.6 Å². The van der Waals surface area contributed by atoms with E-state index in [1.165, 1.54) is 10.5 Å². The summed E-state index contributed by atoms with van der Waals surface area (Å²) in [7, 11) is 0. The van der Waals surface area contributed by atoms with E-state index in [1.807, 2.05) is 39.0 Å². The van der Waals surface area contributed by atoms with Gasteiger partial charge in [0, 0.05) is 32.2 Å². The Bertz CT molecular complexity index is 1190. The maximum atomic E-state index is 13.9. The van der Waals surface area contributed by atoms with Gasteiger partial charge in [0.25, 0.3) is 0 Å². The number of rotatable bonds is 14. The standard InChI is InChI=1S/C31H42F2N4O4/c1-5-10-37-27(20(3)4)18-36(30(40)31(37)41)19-29(39)35-26(14-23-12-24(32)15-25(33)13-23)28(38)17-34-16-22-9-7-8-21(6-2)11-22/h7-9,11-13,15,20,26-28,34,38H,5-6,10,14,16-19H2,1-4H3,(H,35,39)/t26-,27-,28-/m0/s1. The Balaban J connectivity index is 1.70. The second-order valence-corrected chi connectivity index (χ2v) is 11.0. The average Bonchev–Trinajstić information content (AvgIpc) is 2.91. The van der Waals surface area contributed by atoms with Gasteiger partial charge in [0.2, 0.25) is 5.91 Å². The van der Waals surface area contributed by atoms with Crippen LogP contribution in [0.2, 0.25) is 0 Å². The minimum absolute atomic E-state index is 0.0413. The Kier molecular flexibility index (Phi) is 11.8. The van der Waals surface area contributed by atoms with Crippen molar-refractivity contribution in [2.45, 2.75) is 71.7 Å². The topological polar surface area (TPSA) is 102 Å². The number of hydrogen-bond donors (Lipinski definition) is 3. The molecule has 3 N–H and O–H groups in total. The molecule has 1 fully saturated rings. The number of nitrogens with zero attached hydrogens (tertiary/aromatic N) is 2. The van der Waals surface area contributed by atoms with E-state index < -0.39 is 41.5 Å². The summed E-state index contributed by atoms with van der Waals surface area (Å²) < 4.78 is 27.8. The fourth-order valence-electron chi connectivity index (χ4n) is 5.19. The molecule has 1 aliphatic rings. The fourth-order valence-corrected chi connectivity index (χ4v) is 5.19. The van der Waals surface area contributed by atoms with Gasteiger partial charge in [-0.15, -0.1) is 0 Å². The maximum absolute atomic E-state index is 13.9. The molecule has 8 nitrogen and oxygen atoms in total. The summed E-state index contributed by atoms with van der Waals surface area (Å²) in [5, 5.41) is 17.0. The van der Waals surface area contributed by atoms with E-state index in [2.05, 4.69) is 23.6 Å². The summed E-state index contributed by atoms with van der Waals surface area (Å²) in [5.41, 5.74) is 2.49. The van der Waals surface area contributed by atoms with Gasteiger partial charge in [-0.3, -0.25) is 14.4 Å². The third kappa shape index (κ3) is 9.06. The first-order valence-electron chi connectivity index (χ1n) is 14.3. The molecule has 0 aromatic heterocycles. The second-order valence-electron chi connectivity index (χ2n) is 11.0. The lowest BCUT2D eigenvalue weighted by atomic mass is 9.98. The minimum atomic E-state index is -1.11. The van der Waals surface area contributed by atoms with E-state index in [4.69, 9.17) is 0 Å². The zero-order chi connectivity index (χ0) is 30.1. The monoisotopic (exact) mass is 572 g/mol. The van der Waals surface area contributed by atoms with E-state index in [0.717, 1.165) is 30.2 Å². The molecular weight excluding hydrogens is 530 g/mol. The molecule has 0 radical (unpaired) electrons. The molecule has 3 rings (SSSR count). The summed E-state index contributed by atoms with van der Waals surface area (Å²) >= 11 is 0. The van der Waals surface area contributed by atoms with Gasteiger partial charge in [-0.1, -0.05) is 52.0 Å². The Morgan fingerprint density at radius 3 is 2.34 bits per heavy atom. The fraction of sp³-hybridized carbons (Fsp3) is 0.516. The van der Waals surface area contributed by atoms with E-state index in [0.29, 0.717) is 19.5 Å². The summed E-state index contributed by atoms with van der Waals surface area (Å²) in [6.45, 7) is 8.81. The molecule has 0 bridgehead atoms. The molecule has 0 aliphatic carbocycles. The first-order chi connectivity index (χ1) is 19.5. The van der Waals surface area contributed by atoms with Gasteiger partial charge < -0.3 is 25.5 Å². The van der Waals surface area contributed by atoms with Gasteiger partial charge >= 0.3 is 11.8 Å². The Morgan fingerprint density at radius 2 is 1.71 bits per heavy atom. The highest BCUT2D eigenvalue weighted by atomic mass is 19.1. The van der Waals surface area contributed by atoms with Crippen molar-refractivity contribution in [2.75, 3.05) is 26.2 Å². The number of halogens is 2. The number of benzene rings is 2. The van der Waals surface area contributed by atoms with Crippen LogP contribution in [0.1, 0.15) is 50.8 Å². The van der Waals surface area contributed by atoms with Crippen molar-refractivity contribution in [3.63, 3.8) is 0 Å². The highest BCUT2D eigenvalue weighted by Gasteiger charge is 2.40. The lowest BCUT2D eigenvalue weighted by Crippen LogP contribution is -2.63. The van der Waals surface area contributed by atoms with Crippen molar-refractivity contribution in [3.05, 3.63) is 70.8 Å². The zero-order valence-corrected chi connectivity index (χ0v) is 24.3. The van der Waals surface area contributed by atoms with Gasteiger partial charge in [-0.05, 0) is 54.0 Å². The molecule has 224 valence electrons. The van der Waals surface area contributed by atoms with Crippen LogP contribution in [-0.4, -0.2) is 77.0 Å². The molecule has 2 aromatic carbocycles. The number of amides is 3. The smallest absolute Gasteiger partial charge is 0.312 e. The first kappa shape index (κ1) is 32.1. The Morgan fingerprint density at radius 1 is 1.02 bits per heavy atom. The molecule has 1 heterocycles. The predicted octanol–water partition coefficient (Wildman–Crippen LogP) is 2.81. The molecule has 41 heavy (non-hydrogen) atoms. The van der Waals surface area contributed by atoms with Crippen LogP contribution in [0.15, 0.2) is 42.5 Å². The van der Waals surface area contributed by atoms with E-state index in [9.17, 15) is 28.3 Å². The summed E-state index contributed by atoms with van der Waals surface area (Å²) in [6.07, 6.45) is 0.456. The highest BCUT2D eigenvalue weighted by molar-refractivity contribution is 6.35. The molecule has 0 saturated carbocycles. The lowest BCUT2D eigenvalue weighted by molar-refractivity contribution is -0.161. The first-order valence-corrected chi connectivity index (χ1v) is 14.3. The van der Waals surface area contributed by atoms with Crippen LogP contribution in [0.5, 0.6) is 0 Å². The molecule has 2 aromatic rings. The molecule has 1 aliphatic heterocycles. The average molecular weight is 573 g/mol. The van der Waals surface area contributed by atoms with Crippen molar-refractivity contribution in [1.82, 2.24) is 20.4 Å². The van der Waals surface area contributed by atoms with Gasteiger partial charge in [-0.2, -0.15) is 0 Å². The number of carbonyl (C=O) groups is 3. The Hall–Kier alpha value is -3.37. The number of nitrogens with one attached hydrogen (secondary N) is 2. The van der Waals surface area contributed by atoms with Crippen molar-refractivity contribution in [1.29, 1.82) is 0 Å². The molecule has 10 heteroatoms. The molecule has 3 amide bonds. The van der Waals surface area contributed by atoms with E-state index >= 15 is 0 Å². The van der Waals surface area contributed by atoms with Gasteiger partial charge in [0.15, 0.2) is 0 Å². The van der Waals surface area contributed by atoms with Crippen LogP contribution in [-0.2, 0) is 33.8 Å². The molecule has 3 atom stereocenters. The number of aliphatic hydroxyl groups is 1. The van der Waals surface area contributed by atoms with Crippen molar-refractivity contribution in [2.24, 2.45) is 5.92 Å². The number of carbonyl (C=O) groups excluding carboxylic acids is 3. The quantitative estimate of drug-likeness (QED) is 0.302. The van der Waals surface area contributed by atoms with Crippen molar-refractivity contribution in [3.8, 4) is 0 Å². The maximum Gasteiger partial charge on any atom is 0.312 e. The summed E-state index contributed by atoms with van der Waals surface area (Å²) in [5.74, 6) is -3.40. The van der Waals surface area contributed by atoms with Crippen molar-refractivity contribution >= 4 is 17.7 Å². The van der Waals surface area contributed by atoms with Crippen LogP contribution in [0.25, 0.3) is 0 Å². The number of aliphatic hydroxyl groups excluding tert-OH is 1. The third-order valence-corrected chi connectivity index (χ3v) is 7.38. The van der Waals surface area contributed by atoms with Gasteiger partial charge in [0.1, 0.15) is 18.2 Å². The van der Waals surface area contributed by atoms with Gasteiger partial charge in [0.05, 0.1) is 18.2 Å². The predicted molar refractivity (Wildman–Crippen MR) is 153 cm³/mol. The Labute approximate surface area is 241 Å². The van der Waals surface area contributed by atoms with E-state index in [1.54, 1.807) is 4.90 Å². The van der Waals surface area contributed by atoms with Crippen molar-refractivity contribution < 1.29 is 28.3 Å². The minimum Gasteiger partial charge on any atom is -0.390 e. The number of aryl methyl sites for hydroxylation is 1. The molecule has 0 unspecified atom stereocenters. The van der Waals surface area contributed by atoms with Crippen LogP contribution in [0, 0.1) is 17.6 Å². The molecule has 1 saturated heterocycles. The summed E-state index contributed by atoms with van der Waals surface area (Å²) in [6, 6.07) is 9.96. The second kappa shape index (κ2) is 15.0.